The molecule has 0 fully saturated rings. The molecule has 0 spiro atoms. The maximum absolute atomic E-state index is 12.8. The molecule has 0 aliphatic heterocycles. The molecule has 0 unspecified atom stereocenters. The third-order valence-electron chi connectivity index (χ3n) is 2.61. The third-order valence-corrected chi connectivity index (χ3v) is 3.14. The van der Waals surface area contributed by atoms with Gasteiger partial charge in [0.2, 0.25) is 0 Å². The molecule has 0 aliphatic carbocycles. The number of ether oxygens (including phenoxy) is 1. The van der Waals surface area contributed by atoms with Crippen molar-refractivity contribution in [3.8, 4) is 11.5 Å². The Hall–Kier alpha value is -1.53. The van der Waals surface area contributed by atoms with E-state index in [1.165, 1.54) is 12.1 Å². The molecule has 106 valence electrons. The topological polar surface area (TPSA) is 29.5 Å². The summed E-state index contributed by atoms with van der Waals surface area (Å²) in [6.45, 7) is -0.673. The Bertz CT molecular complexity index is 594. The van der Waals surface area contributed by atoms with Crippen molar-refractivity contribution < 1.29 is 23.0 Å². The molecule has 1 N–H and O–H groups in total. The van der Waals surface area contributed by atoms with Gasteiger partial charge in [0.05, 0.1) is 12.2 Å². The van der Waals surface area contributed by atoms with Crippen molar-refractivity contribution >= 4 is 15.9 Å². The Morgan fingerprint density at radius 3 is 2.15 bits per heavy atom. The van der Waals surface area contributed by atoms with Crippen LogP contribution in [0.15, 0.2) is 46.9 Å². The summed E-state index contributed by atoms with van der Waals surface area (Å²) in [4.78, 5) is 0. The largest absolute Gasteiger partial charge is 0.457 e. The van der Waals surface area contributed by atoms with Gasteiger partial charge in [-0.3, -0.25) is 0 Å². The fraction of sp³-hybridized carbons (Fsp3) is 0.143. The Morgan fingerprint density at radius 2 is 1.60 bits per heavy atom. The highest BCUT2D eigenvalue weighted by atomic mass is 79.9. The summed E-state index contributed by atoms with van der Waals surface area (Å²) in [5, 5.41) is 8.95. The fourth-order valence-corrected chi connectivity index (χ4v) is 1.92. The van der Waals surface area contributed by atoms with Gasteiger partial charge in [0.1, 0.15) is 11.5 Å². The molecule has 0 saturated carbocycles. The summed E-state index contributed by atoms with van der Waals surface area (Å²) in [6, 6.07) is 10.2. The van der Waals surface area contributed by atoms with Gasteiger partial charge in [0.15, 0.2) is 0 Å². The van der Waals surface area contributed by atoms with E-state index in [9.17, 15) is 13.2 Å². The minimum Gasteiger partial charge on any atom is -0.457 e. The molecular weight excluding hydrogens is 337 g/mol. The summed E-state index contributed by atoms with van der Waals surface area (Å²) in [5.41, 5.74) is -1.07. The summed E-state index contributed by atoms with van der Waals surface area (Å²) in [7, 11) is 0. The highest BCUT2D eigenvalue weighted by molar-refractivity contribution is 9.10. The lowest BCUT2D eigenvalue weighted by Crippen LogP contribution is -2.09. The van der Waals surface area contributed by atoms with Crippen LogP contribution in [-0.4, -0.2) is 5.11 Å². The number of alkyl halides is 3. The molecule has 0 amide bonds. The number of hydrogen-bond donors (Lipinski definition) is 1. The average Bonchev–Trinajstić information content (AvgIpc) is 2.40. The molecule has 6 heteroatoms. The molecule has 2 nitrogen and oxygen atoms in total. The predicted molar refractivity (Wildman–Crippen MR) is 71.6 cm³/mol. The van der Waals surface area contributed by atoms with Gasteiger partial charge < -0.3 is 9.84 Å². The van der Waals surface area contributed by atoms with E-state index in [2.05, 4.69) is 15.9 Å². The smallest absolute Gasteiger partial charge is 0.416 e. The van der Waals surface area contributed by atoms with E-state index < -0.39 is 18.3 Å². The van der Waals surface area contributed by atoms with Crippen molar-refractivity contribution in [3.63, 3.8) is 0 Å². The molecule has 0 radical (unpaired) electrons. The van der Waals surface area contributed by atoms with Gasteiger partial charge in [0, 0.05) is 4.47 Å². The summed E-state index contributed by atoms with van der Waals surface area (Å²) in [5.74, 6) is 0.495. The number of halogens is 4. The van der Waals surface area contributed by atoms with Crippen LogP contribution in [0.25, 0.3) is 0 Å². The molecule has 20 heavy (non-hydrogen) atoms. The van der Waals surface area contributed by atoms with Crippen LogP contribution in [-0.2, 0) is 12.8 Å². The van der Waals surface area contributed by atoms with Crippen molar-refractivity contribution in [1.82, 2.24) is 0 Å². The van der Waals surface area contributed by atoms with Crippen LogP contribution >= 0.6 is 15.9 Å². The van der Waals surface area contributed by atoms with Crippen LogP contribution in [0.2, 0.25) is 0 Å². The zero-order chi connectivity index (χ0) is 14.8. The van der Waals surface area contributed by atoms with Crippen molar-refractivity contribution in [1.29, 1.82) is 0 Å². The second kappa shape index (κ2) is 5.85. The number of aliphatic hydroxyl groups excluding tert-OH is 1. The van der Waals surface area contributed by atoms with E-state index in [0.717, 1.165) is 10.5 Å². The lowest BCUT2D eigenvalue weighted by Gasteiger charge is -2.13. The van der Waals surface area contributed by atoms with Crippen LogP contribution in [0.5, 0.6) is 11.5 Å². The SMILES string of the molecule is OCc1ccc(Oc2ccc(Br)cc2)cc1C(F)(F)F. The Balaban J connectivity index is 2.31. The first-order valence-corrected chi connectivity index (χ1v) is 6.44. The van der Waals surface area contributed by atoms with Crippen LogP contribution < -0.4 is 4.74 Å². The number of hydrogen-bond acceptors (Lipinski definition) is 2. The zero-order valence-corrected chi connectivity index (χ0v) is 11.7. The van der Waals surface area contributed by atoms with Crippen molar-refractivity contribution in [2.45, 2.75) is 12.8 Å². The molecule has 0 bridgehead atoms. The van der Waals surface area contributed by atoms with Crippen LogP contribution in [0.4, 0.5) is 13.2 Å². The molecule has 0 atom stereocenters. The van der Waals surface area contributed by atoms with Gasteiger partial charge in [-0.2, -0.15) is 13.2 Å². The van der Waals surface area contributed by atoms with Crippen molar-refractivity contribution in [2.24, 2.45) is 0 Å². The average molecular weight is 347 g/mol. The number of aliphatic hydroxyl groups is 1. The van der Waals surface area contributed by atoms with Gasteiger partial charge >= 0.3 is 6.18 Å². The Kier molecular flexibility index (Phi) is 4.35. The minimum atomic E-state index is -4.53. The normalized spacial score (nSPS) is 11.4. The van der Waals surface area contributed by atoms with Crippen LogP contribution in [0, 0.1) is 0 Å². The molecule has 0 aromatic heterocycles. The van der Waals surface area contributed by atoms with E-state index >= 15 is 0 Å². The zero-order valence-electron chi connectivity index (χ0n) is 10.1. The number of benzene rings is 2. The van der Waals surface area contributed by atoms with Gasteiger partial charge in [0.25, 0.3) is 0 Å². The fourth-order valence-electron chi connectivity index (χ4n) is 1.66. The van der Waals surface area contributed by atoms with E-state index in [1.54, 1.807) is 24.3 Å². The molecule has 2 rings (SSSR count). The molecule has 2 aromatic carbocycles. The molecule has 0 aliphatic rings. The monoisotopic (exact) mass is 346 g/mol. The molecule has 2 aromatic rings. The molecule has 0 heterocycles. The van der Waals surface area contributed by atoms with E-state index in [0.29, 0.717) is 5.75 Å². The first-order valence-electron chi connectivity index (χ1n) is 5.64. The summed E-state index contributed by atoms with van der Waals surface area (Å²) < 4.78 is 44.7. The number of rotatable bonds is 3. The second-order valence-corrected chi connectivity index (χ2v) is 4.95. The van der Waals surface area contributed by atoms with Gasteiger partial charge in [-0.1, -0.05) is 22.0 Å². The molecular formula is C14H10BrF3O2. The lowest BCUT2D eigenvalue weighted by atomic mass is 10.1. The summed E-state index contributed by atoms with van der Waals surface area (Å²) in [6.07, 6.45) is -4.53. The van der Waals surface area contributed by atoms with Crippen LogP contribution in [0.3, 0.4) is 0 Å². The quantitative estimate of drug-likeness (QED) is 0.868. The van der Waals surface area contributed by atoms with Gasteiger partial charge in [-0.05, 0) is 42.0 Å². The van der Waals surface area contributed by atoms with Crippen molar-refractivity contribution in [2.75, 3.05) is 0 Å². The second-order valence-electron chi connectivity index (χ2n) is 4.03. The van der Waals surface area contributed by atoms with E-state index in [1.807, 2.05) is 0 Å². The maximum atomic E-state index is 12.8. The minimum absolute atomic E-state index is 0.0665. The lowest BCUT2D eigenvalue weighted by molar-refractivity contribution is -0.138. The van der Waals surface area contributed by atoms with Crippen LogP contribution in [0.1, 0.15) is 11.1 Å². The highest BCUT2D eigenvalue weighted by Gasteiger charge is 2.33. The van der Waals surface area contributed by atoms with E-state index in [-0.39, 0.29) is 11.3 Å². The Labute approximate surface area is 121 Å². The van der Waals surface area contributed by atoms with Crippen molar-refractivity contribution in [3.05, 3.63) is 58.1 Å². The van der Waals surface area contributed by atoms with Gasteiger partial charge in [-0.25, -0.2) is 0 Å². The third kappa shape index (κ3) is 3.52. The molecule has 0 saturated heterocycles. The maximum Gasteiger partial charge on any atom is 0.416 e. The first kappa shape index (κ1) is 14.9. The summed E-state index contributed by atoms with van der Waals surface area (Å²) >= 11 is 3.26. The first-order chi connectivity index (χ1) is 9.40. The predicted octanol–water partition coefficient (Wildman–Crippen LogP) is 4.75. The Morgan fingerprint density at radius 1 is 1.00 bits per heavy atom. The highest BCUT2D eigenvalue weighted by Crippen LogP contribution is 2.35. The van der Waals surface area contributed by atoms with E-state index in [4.69, 9.17) is 9.84 Å². The standard InChI is InChI=1S/C14H10BrF3O2/c15-10-2-5-11(6-3-10)20-12-4-1-9(8-19)13(7-12)14(16,17)18/h1-7,19H,8H2. The van der Waals surface area contributed by atoms with Gasteiger partial charge in [-0.15, -0.1) is 0 Å².